The van der Waals surface area contributed by atoms with Gasteiger partial charge in [0, 0.05) is 0 Å². The molecule has 0 aromatic carbocycles. The van der Waals surface area contributed by atoms with Gasteiger partial charge in [0.2, 0.25) is 0 Å². The summed E-state index contributed by atoms with van der Waals surface area (Å²) in [7, 11) is 0. The Hall–Kier alpha value is -0.570. The molecule has 16 heavy (non-hydrogen) atoms. The van der Waals surface area contributed by atoms with Crippen molar-refractivity contribution in [3.8, 4) is 0 Å². The maximum Gasteiger partial charge on any atom is 0.306 e. The van der Waals surface area contributed by atoms with Gasteiger partial charge in [-0.15, -0.1) is 0 Å². The predicted octanol–water partition coefficient (Wildman–Crippen LogP) is 2.48. The summed E-state index contributed by atoms with van der Waals surface area (Å²) in [4.78, 5) is 11.7. The average Bonchev–Trinajstić information content (AvgIpc) is 2.09. The molecule has 0 aromatic rings. The van der Waals surface area contributed by atoms with Crippen LogP contribution in [0, 0.1) is 11.3 Å². The van der Waals surface area contributed by atoms with Gasteiger partial charge in [-0.3, -0.25) is 4.79 Å². The zero-order valence-electron chi connectivity index (χ0n) is 10.8. The van der Waals surface area contributed by atoms with Crippen LogP contribution in [-0.2, 0) is 9.53 Å². The maximum atomic E-state index is 11.7. The minimum absolute atomic E-state index is 0.0300. The van der Waals surface area contributed by atoms with Crippen LogP contribution in [0.2, 0.25) is 0 Å². The Labute approximate surface area is 98.7 Å². The minimum Gasteiger partial charge on any atom is -0.463 e. The fourth-order valence-corrected chi connectivity index (χ4v) is 2.41. The van der Waals surface area contributed by atoms with Crippen LogP contribution in [0.3, 0.4) is 0 Å². The van der Waals surface area contributed by atoms with Gasteiger partial charge in [-0.2, -0.15) is 0 Å². The van der Waals surface area contributed by atoms with E-state index in [2.05, 4.69) is 13.8 Å². The second-order valence-corrected chi connectivity index (χ2v) is 5.66. The number of rotatable bonds is 6. The van der Waals surface area contributed by atoms with Crippen LogP contribution in [0.5, 0.6) is 0 Å². The molecule has 0 heterocycles. The van der Waals surface area contributed by atoms with Crippen molar-refractivity contribution in [3.05, 3.63) is 0 Å². The van der Waals surface area contributed by atoms with Gasteiger partial charge in [0.15, 0.2) is 0 Å². The molecule has 0 bridgehead atoms. The molecule has 0 amide bonds. The first kappa shape index (κ1) is 13.5. The van der Waals surface area contributed by atoms with E-state index in [0.29, 0.717) is 18.9 Å². The summed E-state index contributed by atoms with van der Waals surface area (Å²) < 4.78 is 5.40. The molecule has 1 saturated carbocycles. The topological polar surface area (TPSA) is 52.3 Å². The molecule has 1 atom stereocenters. The summed E-state index contributed by atoms with van der Waals surface area (Å²) in [6, 6.07) is 0. The second-order valence-electron chi connectivity index (χ2n) is 5.66. The first-order valence-corrected chi connectivity index (χ1v) is 6.37. The Morgan fingerprint density at radius 2 is 2.00 bits per heavy atom. The summed E-state index contributed by atoms with van der Waals surface area (Å²) in [6.07, 6.45) is 4.83. The van der Waals surface area contributed by atoms with Gasteiger partial charge in [-0.25, -0.2) is 0 Å². The van der Waals surface area contributed by atoms with Gasteiger partial charge in [0.1, 0.15) is 0 Å². The summed E-state index contributed by atoms with van der Waals surface area (Å²) in [5.41, 5.74) is 5.78. The predicted molar refractivity (Wildman–Crippen MR) is 65.0 cm³/mol. The van der Waals surface area contributed by atoms with E-state index < -0.39 is 0 Å². The van der Waals surface area contributed by atoms with E-state index in [9.17, 15) is 4.79 Å². The van der Waals surface area contributed by atoms with Crippen molar-refractivity contribution in [1.82, 2.24) is 0 Å². The van der Waals surface area contributed by atoms with Gasteiger partial charge < -0.3 is 10.5 Å². The summed E-state index contributed by atoms with van der Waals surface area (Å²) in [5, 5.41) is 0. The van der Waals surface area contributed by atoms with E-state index in [4.69, 9.17) is 10.5 Å². The Balaban J connectivity index is 2.29. The Bertz CT molecular complexity index is 229. The van der Waals surface area contributed by atoms with E-state index >= 15 is 0 Å². The number of nitrogens with two attached hydrogens (primary N) is 1. The fraction of sp³-hybridized carbons (Fsp3) is 0.923. The van der Waals surface area contributed by atoms with Crippen LogP contribution in [0.25, 0.3) is 0 Å². The highest BCUT2D eigenvalue weighted by Crippen LogP contribution is 2.43. The lowest BCUT2D eigenvalue weighted by molar-refractivity contribution is -0.153. The summed E-state index contributed by atoms with van der Waals surface area (Å²) in [6.45, 7) is 6.85. The van der Waals surface area contributed by atoms with Crippen molar-refractivity contribution in [2.45, 2.75) is 59.0 Å². The molecule has 0 radical (unpaired) electrons. The number of esters is 1. The van der Waals surface area contributed by atoms with Crippen molar-refractivity contribution in [2.75, 3.05) is 6.54 Å². The highest BCUT2D eigenvalue weighted by Gasteiger charge is 2.38. The van der Waals surface area contributed by atoms with Crippen LogP contribution in [-0.4, -0.2) is 18.6 Å². The molecule has 0 aromatic heterocycles. The number of carbonyl (C=O) groups is 1. The number of ether oxygens (including phenoxy) is 1. The lowest BCUT2D eigenvalue weighted by Gasteiger charge is -2.40. The van der Waals surface area contributed by atoms with Crippen LogP contribution in [0.4, 0.5) is 0 Å². The standard InChI is InChI=1S/C13H25NO2/c1-10(2)7-11(3)16-12(15)8-13(9-14)5-4-6-13/h10-11H,4-9,14H2,1-3H3. The Kier molecular flexibility index (Phi) is 4.78. The Morgan fingerprint density at radius 1 is 1.38 bits per heavy atom. The van der Waals surface area contributed by atoms with Crippen LogP contribution < -0.4 is 5.73 Å². The van der Waals surface area contributed by atoms with E-state index in [0.717, 1.165) is 19.3 Å². The van der Waals surface area contributed by atoms with Crippen molar-refractivity contribution in [2.24, 2.45) is 17.1 Å². The van der Waals surface area contributed by atoms with Gasteiger partial charge in [0.05, 0.1) is 12.5 Å². The van der Waals surface area contributed by atoms with Crippen molar-refractivity contribution in [3.63, 3.8) is 0 Å². The zero-order chi connectivity index (χ0) is 12.2. The number of hydrogen-bond donors (Lipinski definition) is 1. The molecule has 1 fully saturated rings. The molecule has 0 aliphatic heterocycles. The first-order chi connectivity index (χ1) is 7.47. The second kappa shape index (κ2) is 5.67. The molecule has 94 valence electrons. The van der Waals surface area contributed by atoms with Crippen LogP contribution >= 0.6 is 0 Å². The third kappa shape index (κ3) is 3.78. The molecule has 3 heteroatoms. The fourth-order valence-electron chi connectivity index (χ4n) is 2.41. The molecule has 1 aliphatic rings. The van der Waals surface area contributed by atoms with E-state index in [-0.39, 0.29) is 17.5 Å². The van der Waals surface area contributed by atoms with E-state index in [1.165, 1.54) is 6.42 Å². The zero-order valence-corrected chi connectivity index (χ0v) is 10.8. The molecule has 1 unspecified atom stereocenters. The number of hydrogen-bond acceptors (Lipinski definition) is 3. The summed E-state index contributed by atoms with van der Waals surface area (Å²) in [5.74, 6) is 0.494. The first-order valence-electron chi connectivity index (χ1n) is 6.37. The largest absolute Gasteiger partial charge is 0.463 e. The van der Waals surface area contributed by atoms with Gasteiger partial charge in [0.25, 0.3) is 0 Å². The lowest BCUT2D eigenvalue weighted by Crippen LogP contribution is -2.40. The monoisotopic (exact) mass is 227 g/mol. The molecule has 0 spiro atoms. The number of carbonyl (C=O) groups excluding carboxylic acids is 1. The minimum atomic E-state index is -0.0710. The Morgan fingerprint density at radius 3 is 2.38 bits per heavy atom. The van der Waals surface area contributed by atoms with Crippen molar-refractivity contribution in [1.29, 1.82) is 0 Å². The third-order valence-corrected chi connectivity index (χ3v) is 3.50. The van der Waals surface area contributed by atoms with Gasteiger partial charge >= 0.3 is 5.97 Å². The van der Waals surface area contributed by atoms with E-state index in [1.807, 2.05) is 6.92 Å². The molecule has 1 aliphatic carbocycles. The summed E-state index contributed by atoms with van der Waals surface area (Å²) >= 11 is 0. The molecular weight excluding hydrogens is 202 g/mol. The molecule has 1 rings (SSSR count). The third-order valence-electron chi connectivity index (χ3n) is 3.50. The van der Waals surface area contributed by atoms with Gasteiger partial charge in [-0.05, 0) is 44.1 Å². The highest BCUT2D eigenvalue weighted by molar-refractivity contribution is 5.70. The molecule has 0 saturated heterocycles. The molecule has 3 nitrogen and oxygen atoms in total. The molecule has 2 N–H and O–H groups in total. The normalized spacial score (nSPS) is 20.3. The van der Waals surface area contributed by atoms with Crippen molar-refractivity contribution < 1.29 is 9.53 Å². The van der Waals surface area contributed by atoms with Gasteiger partial charge in [-0.1, -0.05) is 20.3 Å². The van der Waals surface area contributed by atoms with Crippen LogP contribution in [0.1, 0.15) is 52.9 Å². The lowest BCUT2D eigenvalue weighted by atomic mass is 9.67. The van der Waals surface area contributed by atoms with E-state index in [1.54, 1.807) is 0 Å². The van der Waals surface area contributed by atoms with Crippen molar-refractivity contribution >= 4 is 5.97 Å². The maximum absolute atomic E-state index is 11.7. The smallest absolute Gasteiger partial charge is 0.306 e. The quantitative estimate of drug-likeness (QED) is 0.709. The average molecular weight is 227 g/mol. The SMILES string of the molecule is CC(C)CC(C)OC(=O)CC1(CN)CCC1. The highest BCUT2D eigenvalue weighted by atomic mass is 16.5. The molecular formula is C13H25NO2. The van der Waals surface area contributed by atoms with Crippen LogP contribution in [0.15, 0.2) is 0 Å².